The fourth-order valence-electron chi connectivity index (χ4n) is 1.65. The van der Waals surface area contributed by atoms with E-state index in [1.165, 1.54) is 5.69 Å². The standard InChI is InChI=1S/C11H19N3/c1-9(2)11(8-12)14(3)10-4-6-13-7-5-10/h4-7,9,11H,8,12H2,1-3H3. The topological polar surface area (TPSA) is 42.1 Å². The van der Waals surface area contributed by atoms with Crippen LogP contribution < -0.4 is 10.6 Å². The minimum absolute atomic E-state index is 0.386. The van der Waals surface area contributed by atoms with E-state index in [2.05, 4.69) is 30.8 Å². The lowest BCUT2D eigenvalue weighted by molar-refractivity contribution is 0.480. The highest BCUT2D eigenvalue weighted by molar-refractivity contribution is 5.44. The molecule has 0 radical (unpaired) electrons. The smallest absolute Gasteiger partial charge is 0.0431 e. The van der Waals surface area contributed by atoms with E-state index in [1.807, 2.05) is 12.1 Å². The van der Waals surface area contributed by atoms with Crippen LogP contribution in [0.3, 0.4) is 0 Å². The fourth-order valence-corrected chi connectivity index (χ4v) is 1.65. The Hall–Kier alpha value is -1.09. The highest BCUT2D eigenvalue weighted by Crippen LogP contribution is 2.17. The van der Waals surface area contributed by atoms with Gasteiger partial charge in [0.05, 0.1) is 0 Å². The number of hydrogen-bond acceptors (Lipinski definition) is 3. The van der Waals surface area contributed by atoms with Crippen LogP contribution in [0.1, 0.15) is 13.8 Å². The molecule has 1 atom stereocenters. The van der Waals surface area contributed by atoms with Gasteiger partial charge in [0.1, 0.15) is 0 Å². The Labute approximate surface area is 85.9 Å². The lowest BCUT2D eigenvalue weighted by Gasteiger charge is -2.31. The summed E-state index contributed by atoms with van der Waals surface area (Å²) in [5.41, 5.74) is 6.93. The van der Waals surface area contributed by atoms with Gasteiger partial charge in [0.25, 0.3) is 0 Å². The molecule has 0 saturated heterocycles. The summed E-state index contributed by atoms with van der Waals surface area (Å²) in [6.07, 6.45) is 3.61. The second-order valence-electron chi connectivity index (χ2n) is 3.86. The number of nitrogens with zero attached hydrogens (tertiary/aromatic N) is 2. The van der Waals surface area contributed by atoms with Crippen molar-refractivity contribution in [3.63, 3.8) is 0 Å². The van der Waals surface area contributed by atoms with Crippen molar-refractivity contribution in [1.29, 1.82) is 0 Å². The fraction of sp³-hybridized carbons (Fsp3) is 0.545. The van der Waals surface area contributed by atoms with Crippen LogP contribution in [0.2, 0.25) is 0 Å². The Morgan fingerprint density at radius 2 is 1.93 bits per heavy atom. The maximum atomic E-state index is 5.75. The first-order chi connectivity index (χ1) is 6.66. The van der Waals surface area contributed by atoms with Crippen LogP contribution in [0.4, 0.5) is 5.69 Å². The molecule has 1 rings (SSSR count). The highest BCUT2D eigenvalue weighted by atomic mass is 15.1. The van der Waals surface area contributed by atoms with Crippen LogP contribution in [-0.4, -0.2) is 24.6 Å². The van der Waals surface area contributed by atoms with Crippen molar-refractivity contribution < 1.29 is 0 Å². The molecule has 1 aromatic heterocycles. The van der Waals surface area contributed by atoms with Gasteiger partial charge in [-0.2, -0.15) is 0 Å². The number of rotatable bonds is 4. The molecule has 0 aliphatic rings. The molecule has 0 aliphatic carbocycles. The van der Waals surface area contributed by atoms with E-state index in [0.717, 1.165) is 0 Å². The summed E-state index contributed by atoms with van der Waals surface area (Å²) in [7, 11) is 2.08. The lowest BCUT2D eigenvalue weighted by atomic mass is 10.0. The molecule has 2 N–H and O–H groups in total. The molecule has 78 valence electrons. The summed E-state index contributed by atoms with van der Waals surface area (Å²) in [5, 5.41) is 0. The summed E-state index contributed by atoms with van der Waals surface area (Å²) in [5.74, 6) is 0.554. The van der Waals surface area contributed by atoms with Crippen LogP contribution in [0.25, 0.3) is 0 Å². The first-order valence-corrected chi connectivity index (χ1v) is 4.99. The molecule has 3 nitrogen and oxygen atoms in total. The van der Waals surface area contributed by atoms with E-state index in [1.54, 1.807) is 12.4 Å². The van der Waals surface area contributed by atoms with Crippen molar-refractivity contribution in [3.05, 3.63) is 24.5 Å². The van der Waals surface area contributed by atoms with Crippen LogP contribution in [0.5, 0.6) is 0 Å². The van der Waals surface area contributed by atoms with Crippen molar-refractivity contribution in [1.82, 2.24) is 4.98 Å². The van der Waals surface area contributed by atoms with Gasteiger partial charge in [0.15, 0.2) is 0 Å². The molecule has 0 aliphatic heterocycles. The molecule has 0 saturated carbocycles. The Balaban J connectivity index is 2.78. The monoisotopic (exact) mass is 193 g/mol. The van der Waals surface area contributed by atoms with E-state index in [4.69, 9.17) is 5.73 Å². The summed E-state index contributed by atoms with van der Waals surface area (Å²) in [4.78, 5) is 6.21. The second-order valence-corrected chi connectivity index (χ2v) is 3.86. The first kappa shape index (κ1) is 11.0. The van der Waals surface area contributed by atoms with Crippen molar-refractivity contribution in [2.75, 3.05) is 18.5 Å². The minimum Gasteiger partial charge on any atom is -0.370 e. The van der Waals surface area contributed by atoms with E-state index in [0.29, 0.717) is 18.5 Å². The van der Waals surface area contributed by atoms with Gasteiger partial charge in [0, 0.05) is 37.7 Å². The molecule has 0 fully saturated rings. The number of likely N-dealkylation sites (N-methyl/N-ethyl adjacent to an activating group) is 1. The van der Waals surface area contributed by atoms with E-state index < -0.39 is 0 Å². The zero-order valence-electron chi connectivity index (χ0n) is 9.14. The Bertz CT molecular complexity index is 258. The van der Waals surface area contributed by atoms with Crippen LogP contribution in [0, 0.1) is 5.92 Å². The molecular formula is C11H19N3. The molecule has 0 amide bonds. The van der Waals surface area contributed by atoms with Gasteiger partial charge in [-0.3, -0.25) is 4.98 Å². The van der Waals surface area contributed by atoms with Gasteiger partial charge in [-0.1, -0.05) is 13.8 Å². The Morgan fingerprint density at radius 1 is 1.36 bits per heavy atom. The van der Waals surface area contributed by atoms with Gasteiger partial charge in [-0.25, -0.2) is 0 Å². The lowest BCUT2D eigenvalue weighted by Crippen LogP contribution is -2.41. The van der Waals surface area contributed by atoms with Gasteiger partial charge >= 0.3 is 0 Å². The molecular weight excluding hydrogens is 174 g/mol. The third-order valence-electron chi connectivity index (χ3n) is 2.58. The summed E-state index contributed by atoms with van der Waals surface area (Å²) in [6, 6.07) is 4.40. The number of aromatic nitrogens is 1. The van der Waals surface area contributed by atoms with Crippen molar-refractivity contribution in [2.45, 2.75) is 19.9 Å². The number of anilines is 1. The maximum Gasteiger partial charge on any atom is 0.0431 e. The number of nitrogens with two attached hydrogens (primary N) is 1. The summed E-state index contributed by atoms with van der Waals surface area (Å²) in [6.45, 7) is 5.06. The maximum absolute atomic E-state index is 5.75. The van der Waals surface area contributed by atoms with Gasteiger partial charge in [0.2, 0.25) is 0 Å². The number of hydrogen-bond donors (Lipinski definition) is 1. The van der Waals surface area contributed by atoms with E-state index >= 15 is 0 Å². The van der Waals surface area contributed by atoms with Gasteiger partial charge in [-0.15, -0.1) is 0 Å². The zero-order chi connectivity index (χ0) is 10.6. The molecule has 3 heteroatoms. The van der Waals surface area contributed by atoms with Crippen LogP contribution in [0.15, 0.2) is 24.5 Å². The average molecular weight is 193 g/mol. The molecule has 14 heavy (non-hydrogen) atoms. The third kappa shape index (κ3) is 2.45. The van der Waals surface area contributed by atoms with E-state index in [9.17, 15) is 0 Å². The Kier molecular flexibility index (Phi) is 3.89. The summed E-state index contributed by atoms with van der Waals surface area (Å²) < 4.78 is 0. The highest BCUT2D eigenvalue weighted by Gasteiger charge is 2.16. The molecule has 0 bridgehead atoms. The van der Waals surface area contributed by atoms with Gasteiger partial charge < -0.3 is 10.6 Å². The largest absolute Gasteiger partial charge is 0.370 e. The predicted molar refractivity (Wildman–Crippen MR) is 60.3 cm³/mol. The van der Waals surface area contributed by atoms with E-state index in [-0.39, 0.29) is 0 Å². The Morgan fingerprint density at radius 3 is 2.36 bits per heavy atom. The summed E-state index contributed by atoms with van der Waals surface area (Å²) >= 11 is 0. The van der Waals surface area contributed by atoms with Crippen molar-refractivity contribution >= 4 is 5.69 Å². The quantitative estimate of drug-likeness (QED) is 0.788. The molecule has 1 aromatic rings. The molecule has 1 heterocycles. The van der Waals surface area contributed by atoms with Crippen LogP contribution in [-0.2, 0) is 0 Å². The zero-order valence-corrected chi connectivity index (χ0v) is 9.14. The van der Waals surface area contributed by atoms with Gasteiger partial charge in [-0.05, 0) is 18.1 Å². The normalized spacial score (nSPS) is 12.9. The predicted octanol–water partition coefficient (Wildman–Crippen LogP) is 1.50. The van der Waals surface area contributed by atoms with Crippen molar-refractivity contribution in [2.24, 2.45) is 11.7 Å². The molecule has 0 aromatic carbocycles. The minimum atomic E-state index is 0.386. The third-order valence-corrected chi connectivity index (χ3v) is 2.58. The molecule has 0 spiro atoms. The number of pyridine rings is 1. The first-order valence-electron chi connectivity index (χ1n) is 4.99. The van der Waals surface area contributed by atoms with Crippen molar-refractivity contribution in [3.8, 4) is 0 Å². The van der Waals surface area contributed by atoms with Crippen LogP contribution >= 0.6 is 0 Å². The molecule has 1 unspecified atom stereocenters. The average Bonchev–Trinajstić information content (AvgIpc) is 2.19. The second kappa shape index (κ2) is 4.96. The SMILES string of the molecule is CC(C)C(CN)N(C)c1ccncc1.